The molecule has 27 heavy (non-hydrogen) atoms. The van der Waals surface area contributed by atoms with Crippen molar-refractivity contribution < 1.29 is 4.79 Å². The normalized spacial score (nSPS) is 13.4. The van der Waals surface area contributed by atoms with Gasteiger partial charge >= 0.3 is 173 Å². The Morgan fingerprint density at radius 3 is 1.74 bits per heavy atom. The second-order valence-corrected chi connectivity index (χ2v) is 13.8. The molecule has 0 aliphatic heterocycles. The van der Waals surface area contributed by atoms with Crippen molar-refractivity contribution in [1.29, 1.82) is 0 Å². The molecule has 1 aromatic rings. The molecule has 0 saturated heterocycles. The maximum absolute atomic E-state index is 13.3. The van der Waals surface area contributed by atoms with Crippen LogP contribution in [0.1, 0.15) is 77.3 Å². The first-order valence-electron chi connectivity index (χ1n) is 10.9. The van der Waals surface area contributed by atoms with Crippen LogP contribution in [0.5, 0.6) is 0 Å². The summed E-state index contributed by atoms with van der Waals surface area (Å²) in [6, 6.07) is 3.87. The third-order valence-corrected chi connectivity index (χ3v) is 12.5. The third kappa shape index (κ3) is 7.06. The Morgan fingerprint density at radius 1 is 0.963 bits per heavy atom. The van der Waals surface area contributed by atoms with Gasteiger partial charge in [0, 0.05) is 0 Å². The van der Waals surface area contributed by atoms with Crippen molar-refractivity contribution >= 4 is 30.5 Å². The Kier molecular flexibility index (Phi) is 10.9. The molecular weight excluding hydrogens is 373 g/mol. The summed E-state index contributed by atoms with van der Waals surface area (Å²) in [7, 11) is -1.66. The van der Waals surface area contributed by atoms with Gasteiger partial charge in [0.25, 0.3) is 0 Å². The molecule has 156 valence electrons. The Balaban J connectivity index is 3.10. The van der Waals surface area contributed by atoms with Gasteiger partial charge in [-0.25, -0.2) is 0 Å². The first-order valence-corrected chi connectivity index (χ1v) is 14.0. The number of aryl methyl sites for hydroxylation is 2. The van der Waals surface area contributed by atoms with Gasteiger partial charge < -0.3 is 0 Å². The number of unbranched alkanes of at least 4 members (excludes halogenated alkanes) is 3. The van der Waals surface area contributed by atoms with Gasteiger partial charge in [0.1, 0.15) is 0 Å². The molecule has 0 spiro atoms. The van der Waals surface area contributed by atoms with Crippen molar-refractivity contribution in [3.05, 3.63) is 28.3 Å². The average Bonchev–Trinajstić information content (AvgIpc) is 2.63. The third-order valence-electron chi connectivity index (χ3n) is 6.14. The fraction of sp³-hybridized carbons (Fsp3) is 0.696. The molecule has 1 rings (SSSR count). The summed E-state index contributed by atoms with van der Waals surface area (Å²) in [5, 5.41) is 4.01. The van der Waals surface area contributed by atoms with E-state index in [2.05, 4.69) is 33.0 Å². The van der Waals surface area contributed by atoms with Crippen LogP contribution >= 0.6 is 18.9 Å². The predicted molar refractivity (Wildman–Crippen MR) is 127 cm³/mol. The van der Waals surface area contributed by atoms with Crippen LogP contribution in [0.3, 0.4) is 0 Å². The Hall–Kier alpha value is -0.590. The van der Waals surface area contributed by atoms with Gasteiger partial charge in [-0.2, -0.15) is 0 Å². The van der Waals surface area contributed by atoms with Crippen molar-refractivity contribution in [2.75, 3.05) is 23.8 Å². The van der Waals surface area contributed by atoms with Crippen LogP contribution in [0, 0.1) is 13.8 Å². The van der Waals surface area contributed by atoms with Crippen molar-refractivity contribution in [2.45, 2.75) is 85.7 Å². The number of carbonyl (C=O) groups excluding carboxylic acids is 1. The molecule has 0 fully saturated rings. The van der Waals surface area contributed by atoms with Crippen LogP contribution in [0.25, 0.3) is 0 Å². The molecule has 1 N–H and O–H groups in total. The van der Waals surface area contributed by atoms with Crippen LogP contribution in [0.15, 0.2) is 12.1 Å². The molecule has 0 aliphatic rings. The van der Waals surface area contributed by atoms with Gasteiger partial charge in [-0.3, -0.25) is 0 Å². The van der Waals surface area contributed by atoms with Crippen LogP contribution in [0.4, 0.5) is 5.69 Å². The summed E-state index contributed by atoms with van der Waals surface area (Å²) >= 11 is 6.16. The first-order chi connectivity index (χ1) is 12.8. The van der Waals surface area contributed by atoms with E-state index in [0.717, 1.165) is 21.8 Å². The summed E-state index contributed by atoms with van der Waals surface area (Å²) < 4.78 is 0. The molecular formula is C23H41ClNOP. The van der Waals surface area contributed by atoms with Crippen molar-refractivity contribution in [3.63, 3.8) is 0 Å². The second kappa shape index (κ2) is 12.1. The Morgan fingerprint density at radius 2 is 1.37 bits per heavy atom. The zero-order chi connectivity index (χ0) is 20.4. The van der Waals surface area contributed by atoms with Gasteiger partial charge in [-0.1, -0.05) is 0 Å². The van der Waals surface area contributed by atoms with E-state index < -0.39 is 7.26 Å². The molecule has 4 heteroatoms. The molecule has 0 heterocycles. The number of hydrogen-bond acceptors (Lipinski definition) is 1. The number of halogens is 1. The fourth-order valence-electron chi connectivity index (χ4n) is 4.23. The van der Waals surface area contributed by atoms with Gasteiger partial charge in [0.15, 0.2) is 0 Å². The van der Waals surface area contributed by atoms with E-state index in [0.29, 0.717) is 0 Å². The number of anilines is 1. The quantitative estimate of drug-likeness (QED) is 0.354. The molecule has 0 aromatic heterocycles. The van der Waals surface area contributed by atoms with E-state index in [4.69, 9.17) is 11.6 Å². The van der Waals surface area contributed by atoms with Gasteiger partial charge in [-0.15, -0.1) is 0 Å². The minimum atomic E-state index is -1.66. The van der Waals surface area contributed by atoms with Crippen LogP contribution in [-0.2, 0) is 4.79 Å². The van der Waals surface area contributed by atoms with E-state index in [1.54, 1.807) is 0 Å². The van der Waals surface area contributed by atoms with E-state index in [1.807, 2.05) is 26.0 Å². The van der Waals surface area contributed by atoms with Crippen LogP contribution in [0.2, 0.25) is 5.02 Å². The molecule has 0 saturated carbocycles. The van der Waals surface area contributed by atoms with Gasteiger partial charge in [0.2, 0.25) is 0 Å². The molecule has 0 aliphatic carbocycles. The summed E-state index contributed by atoms with van der Waals surface area (Å²) in [5.74, 6) is 0.221. The predicted octanol–water partition coefficient (Wildman–Crippen LogP) is 7.43. The Labute approximate surface area is 173 Å². The zero-order valence-corrected chi connectivity index (χ0v) is 20.1. The maximum atomic E-state index is 13.3. The number of hydrogen-bond donors (Lipinski definition) is 1. The van der Waals surface area contributed by atoms with E-state index in [-0.39, 0.29) is 11.6 Å². The SMILES string of the molecule is CCCC[PH](CCCC)(CCCC)C(C)C(=O)Nc1c(C)cc(Cl)cc1C. The van der Waals surface area contributed by atoms with Gasteiger partial charge in [-0.05, 0) is 0 Å². The van der Waals surface area contributed by atoms with Gasteiger partial charge in [0.05, 0.1) is 0 Å². The standard InChI is InChI=1S/C23H41ClNOP/c1-7-10-13-27(14-11-8-2,15-12-9-3)20(6)23(26)25-22-18(4)16-21(24)17-19(22)5/h16-17,20,27H,7-15H2,1-6H3,(H,25,26). The minimum absolute atomic E-state index is 0.150. The average molecular weight is 414 g/mol. The van der Waals surface area contributed by atoms with Crippen LogP contribution in [-0.4, -0.2) is 30.1 Å². The van der Waals surface area contributed by atoms with E-state index >= 15 is 0 Å². The molecule has 1 aromatic carbocycles. The van der Waals surface area contributed by atoms with E-state index in [1.165, 1.54) is 57.0 Å². The fourth-order valence-corrected chi connectivity index (χ4v) is 10.4. The monoisotopic (exact) mass is 413 g/mol. The summed E-state index contributed by atoms with van der Waals surface area (Å²) in [5.41, 5.74) is 3.18. The van der Waals surface area contributed by atoms with E-state index in [9.17, 15) is 4.79 Å². The molecule has 2 nitrogen and oxygen atoms in total. The zero-order valence-electron chi connectivity index (χ0n) is 18.4. The van der Waals surface area contributed by atoms with Crippen LogP contribution < -0.4 is 5.32 Å². The molecule has 1 atom stereocenters. The summed E-state index contributed by atoms with van der Waals surface area (Å²) in [6.07, 6.45) is 11.3. The molecule has 1 amide bonds. The first kappa shape index (κ1) is 24.4. The number of amides is 1. The number of benzene rings is 1. The topological polar surface area (TPSA) is 29.1 Å². The molecule has 1 unspecified atom stereocenters. The number of carbonyl (C=O) groups is 1. The summed E-state index contributed by atoms with van der Waals surface area (Å²) in [6.45, 7) is 13.1. The Bertz CT molecular complexity index is 557. The molecule has 0 radical (unpaired) electrons. The second-order valence-electron chi connectivity index (χ2n) is 8.30. The van der Waals surface area contributed by atoms with Crippen molar-refractivity contribution in [1.82, 2.24) is 0 Å². The van der Waals surface area contributed by atoms with Crippen molar-refractivity contribution in [2.24, 2.45) is 0 Å². The summed E-state index contributed by atoms with van der Waals surface area (Å²) in [4.78, 5) is 13.3. The number of rotatable bonds is 12. The number of nitrogens with one attached hydrogen (secondary N) is 1. The van der Waals surface area contributed by atoms with Crippen molar-refractivity contribution in [3.8, 4) is 0 Å². The molecule has 0 bridgehead atoms.